The molecule has 1 N–H and O–H groups in total. The lowest BCUT2D eigenvalue weighted by Gasteiger charge is -2.37. The van der Waals surface area contributed by atoms with Gasteiger partial charge >= 0.3 is 5.97 Å². The van der Waals surface area contributed by atoms with Gasteiger partial charge in [-0.2, -0.15) is 0 Å². The van der Waals surface area contributed by atoms with Crippen molar-refractivity contribution in [1.29, 1.82) is 0 Å². The third-order valence-corrected chi connectivity index (χ3v) is 12.1. The van der Waals surface area contributed by atoms with Gasteiger partial charge in [-0.1, -0.05) is 88.2 Å². The third kappa shape index (κ3) is 8.18. The van der Waals surface area contributed by atoms with Gasteiger partial charge in [-0.15, -0.1) is 0 Å². The largest absolute Gasteiger partial charge is 0.543 e. The number of ether oxygens (including phenoxy) is 2. The molecular formula is C32H41Cl2NO4Si. The fourth-order valence-electron chi connectivity index (χ4n) is 3.91. The first-order valence-electron chi connectivity index (χ1n) is 13.7. The Kier molecular flexibility index (Phi) is 10.6. The number of anilines is 1. The average Bonchev–Trinajstić information content (AvgIpc) is 2.86. The van der Waals surface area contributed by atoms with E-state index in [0.717, 1.165) is 16.9 Å². The minimum absolute atomic E-state index is 0.0840. The molecule has 0 aliphatic heterocycles. The Morgan fingerprint density at radius 1 is 0.975 bits per heavy atom. The molecule has 0 spiro atoms. The molecule has 1 atom stereocenters. The number of esters is 1. The number of rotatable bonds is 11. The first-order valence-corrected chi connectivity index (χ1v) is 17.3. The average molecular weight is 603 g/mol. The monoisotopic (exact) mass is 601 g/mol. The number of hydrogen-bond donors (Lipinski definition) is 1. The number of hydrogen-bond acceptors (Lipinski definition) is 5. The van der Waals surface area contributed by atoms with Crippen LogP contribution < -0.4 is 14.5 Å². The summed E-state index contributed by atoms with van der Waals surface area (Å²) in [5, 5.41) is 3.97. The van der Waals surface area contributed by atoms with Crippen molar-refractivity contribution in [2.24, 2.45) is 0 Å². The molecule has 3 aromatic rings. The second-order valence-corrected chi connectivity index (χ2v) is 17.3. The maximum atomic E-state index is 12.7. The smallest absolute Gasteiger partial charge is 0.328 e. The van der Waals surface area contributed by atoms with Crippen molar-refractivity contribution in [3.8, 4) is 17.2 Å². The van der Waals surface area contributed by atoms with Gasteiger partial charge in [-0.3, -0.25) is 0 Å². The molecule has 0 fully saturated rings. The van der Waals surface area contributed by atoms with Gasteiger partial charge in [0.25, 0.3) is 0 Å². The number of carbonyl (C=O) groups excluding carboxylic acids is 1. The second kappa shape index (κ2) is 13.3. The Bertz CT molecular complexity index is 1280. The van der Waals surface area contributed by atoms with Crippen molar-refractivity contribution in [2.45, 2.75) is 78.1 Å². The summed E-state index contributed by atoms with van der Waals surface area (Å²) in [6, 6.07) is 18.4. The topological polar surface area (TPSA) is 56.8 Å². The summed E-state index contributed by atoms with van der Waals surface area (Å²) in [4.78, 5) is 12.7. The summed E-state index contributed by atoms with van der Waals surface area (Å²) >= 11 is 13.3. The fourth-order valence-corrected chi connectivity index (χ4v) is 5.51. The third-order valence-electron chi connectivity index (χ3n) is 7.19. The molecule has 3 rings (SSSR count). The zero-order chi connectivity index (χ0) is 29.7. The van der Waals surface area contributed by atoms with Crippen molar-refractivity contribution in [1.82, 2.24) is 0 Å². The van der Waals surface area contributed by atoms with Gasteiger partial charge in [0.05, 0.1) is 16.7 Å². The summed E-state index contributed by atoms with van der Waals surface area (Å²) in [6.45, 7) is 17.5. The Hall–Kier alpha value is -2.67. The van der Waals surface area contributed by atoms with Crippen LogP contribution in [0.5, 0.6) is 17.2 Å². The molecule has 1 unspecified atom stereocenters. The number of halogens is 2. The van der Waals surface area contributed by atoms with Crippen molar-refractivity contribution < 1.29 is 18.7 Å². The van der Waals surface area contributed by atoms with Crippen LogP contribution >= 0.6 is 23.2 Å². The molecule has 0 aromatic heterocycles. The summed E-state index contributed by atoms with van der Waals surface area (Å²) in [5.41, 5.74) is 2.66. The fraction of sp³-hybridized carbons (Fsp3) is 0.406. The molecule has 0 aliphatic rings. The van der Waals surface area contributed by atoms with E-state index in [4.69, 9.17) is 37.1 Å². The van der Waals surface area contributed by atoms with Crippen molar-refractivity contribution >= 4 is 43.2 Å². The summed E-state index contributed by atoms with van der Waals surface area (Å²) in [7, 11) is -2.01. The highest BCUT2D eigenvalue weighted by molar-refractivity contribution is 6.74. The van der Waals surface area contributed by atoms with Gasteiger partial charge in [0, 0.05) is 12.1 Å². The van der Waals surface area contributed by atoms with Crippen molar-refractivity contribution in [2.75, 3.05) is 11.9 Å². The predicted octanol–water partition coefficient (Wildman–Crippen LogP) is 9.88. The molecule has 0 aliphatic carbocycles. The van der Waals surface area contributed by atoms with Crippen LogP contribution in [0, 0.1) is 0 Å². The summed E-state index contributed by atoms with van der Waals surface area (Å²) < 4.78 is 18.1. The molecule has 0 amide bonds. The van der Waals surface area contributed by atoms with E-state index in [9.17, 15) is 4.79 Å². The van der Waals surface area contributed by atoms with Crippen molar-refractivity contribution in [3.63, 3.8) is 0 Å². The van der Waals surface area contributed by atoms with Gasteiger partial charge in [0.1, 0.15) is 17.5 Å². The highest BCUT2D eigenvalue weighted by atomic mass is 35.5. The van der Waals surface area contributed by atoms with Crippen LogP contribution in [0.3, 0.4) is 0 Å². The molecule has 5 nitrogen and oxygen atoms in total. The molecule has 0 heterocycles. The molecule has 0 bridgehead atoms. The maximum absolute atomic E-state index is 12.7. The second-order valence-electron chi connectivity index (χ2n) is 11.7. The predicted molar refractivity (Wildman–Crippen MR) is 169 cm³/mol. The minimum atomic E-state index is -2.01. The zero-order valence-electron chi connectivity index (χ0n) is 24.7. The standard InChI is InChI=1S/C32H41Cl2NO4Si/c1-9-37-31(36)28(17-22-13-11-10-12-14-22)35-23-18-26(33)30(27(34)19-23)38-24-15-16-29(25(20-24)21(2)3)39-40(7,8)32(4,5)6/h10-16,18-21,28,35H,9,17H2,1-8H3. The number of nitrogens with one attached hydrogen (secondary N) is 1. The van der Waals surface area contributed by atoms with Gasteiger partial charge in [0.2, 0.25) is 8.32 Å². The zero-order valence-corrected chi connectivity index (χ0v) is 27.2. The Balaban J connectivity index is 1.85. The Labute approximate surface area is 250 Å². The molecule has 8 heteroatoms. The molecule has 0 saturated heterocycles. The van der Waals surface area contributed by atoms with Crippen LogP contribution in [0.2, 0.25) is 28.2 Å². The van der Waals surface area contributed by atoms with Crippen LogP contribution in [0.25, 0.3) is 0 Å². The Morgan fingerprint density at radius 3 is 2.15 bits per heavy atom. The van der Waals surface area contributed by atoms with Gasteiger partial charge in [-0.25, -0.2) is 4.79 Å². The highest BCUT2D eigenvalue weighted by Gasteiger charge is 2.39. The number of carbonyl (C=O) groups is 1. The first kappa shape index (κ1) is 31.8. The number of benzene rings is 3. The molecular weight excluding hydrogens is 561 g/mol. The van der Waals surface area contributed by atoms with E-state index in [0.29, 0.717) is 33.7 Å². The lowest BCUT2D eigenvalue weighted by Crippen LogP contribution is -2.44. The van der Waals surface area contributed by atoms with Crippen LogP contribution in [0.15, 0.2) is 60.7 Å². The van der Waals surface area contributed by atoms with Gasteiger partial charge in [0.15, 0.2) is 5.75 Å². The van der Waals surface area contributed by atoms with E-state index < -0.39 is 14.4 Å². The Morgan fingerprint density at radius 2 is 1.60 bits per heavy atom. The van der Waals surface area contributed by atoms with E-state index in [1.165, 1.54) is 0 Å². The van der Waals surface area contributed by atoms with Gasteiger partial charge < -0.3 is 19.2 Å². The SMILES string of the molecule is CCOC(=O)C(Cc1ccccc1)Nc1cc(Cl)c(Oc2ccc(O[Si](C)(C)C(C)(C)C)c(C(C)C)c2)c(Cl)c1. The van der Waals surface area contributed by atoms with E-state index in [2.05, 4.69) is 53.0 Å². The van der Waals surface area contributed by atoms with E-state index in [1.54, 1.807) is 19.1 Å². The highest BCUT2D eigenvalue weighted by Crippen LogP contribution is 2.43. The summed E-state index contributed by atoms with van der Waals surface area (Å²) in [6.07, 6.45) is 0.453. The molecule has 0 saturated carbocycles. The van der Waals surface area contributed by atoms with Crippen molar-refractivity contribution in [3.05, 3.63) is 81.8 Å². The lowest BCUT2D eigenvalue weighted by atomic mass is 10.0. The molecule has 40 heavy (non-hydrogen) atoms. The summed E-state index contributed by atoms with van der Waals surface area (Å²) in [5.74, 6) is 1.72. The van der Waals surface area contributed by atoms with Gasteiger partial charge in [-0.05, 0) is 72.4 Å². The van der Waals surface area contributed by atoms with Crippen LogP contribution in [0.4, 0.5) is 5.69 Å². The molecule has 3 aromatic carbocycles. The normalized spacial score (nSPS) is 12.7. The quantitative estimate of drug-likeness (QED) is 0.175. The first-order chi connectivity index (χ1) is 18.7. The van der Waals surface area contributed by atoms with Crippen LogP contribution in [-0.4, -0.2) is 26.9 Å². The lowest BCUT2D eigenvalue weighted by molar-refractivity contribution is -0.144. The molecule has 0 radical (unpaired) electrons. The minimum Gasteiger partial charge on any atom is -0.543 e. The van der Waals surface area contributed by atoms with Crippen LogP contribution in [-0.2, 0) is 16.0 Å². The maximum Gasteiger partial charge on any atom is 0.328 e. The molecule has 216 valence electrons. The van der Waals surface area contributed by atoms with E-state index in [-0.39, 0.29) is 23.5 Å². The van der Waals surface area contributed by atoms with E-state index >= 15 is 0 Å². The van der Waals surface area contributed by atoms with E-state index in [1.807, 2.05) is 48.5 Å². The van der Waals surface area contributed by atoms with Crippen LogP contribution in [0.1, 0.15) is 58.6 Å².